The van der Waals surface area contributed by atoms with E-state index in [1.807, 2.05) is 0 Å². The lowest BCUT2D eigenvalue weighted by Crippen LogP contribution is -2.18. The quantitative estimate of drug-likeness (QED) is 0.629. The van der Waals surface area contributed by atoms with Crippen molar-refractivity contribution in [2.75, 3.05) is 11.9 Å². The van der Waals surface area contributed by atoms with Crippen LogP contribution < -0.4 is 5.32 Å². The van der Waals surface area contributed by atoms with Crippen molar-refractivity contribution >= 4 is 23.3 Å². The molecule has 0 heterocycles. The van der Waals surface area contributed by atoms with Gasteiger partial charge in [0, 0.05) is 12.5 Å². The first kappa shape index (κ1) is 20.2. The van der Waals surface area contributed by atoms with Crippen molar-refractivity contribution in [2.24, 2.45) is 0 Å². The third kappa shape index (κ3) is 5.16. The van der Waals surface area contributed by atoms with Gasteiger partial charge in [-0.2, -0.15) is 13.2 Å². The van der Waals surface area contributed by atoms with Gasteiger partial charge in [-0.05, 0) is 30.7 Å². The first-order chi connectivity index (χ1) is 12.6. The molecule has 0 atom stereocenters. The smallest absolute Gasteiger partial charge is 0.416 e. The van der Waals surface area contributed by atoms with Crippen LogP contribution in [0.4, 0.5) is 18.9 Å². The van der Waals surface area contributed by atoms with Crippen LogP contribution >= 0.6 is 0 Å². The van der Waals surface area contributed by atoms with Crippen LogP contribution in [0, 0.1) is 6.92 Å². The number of ketones is 1. The van der Waals surface area contributed by atoms with E-state index in [-0.39, 0.29) is 16.8 Å². The van der Waals surface area contributed by atoms with Crippen LogP contribution in [0.1, 0.15) is 38.8 Å². The minimum Gasteiger partial charge on any atom is -0.454 e. The van der Waals surface area contributed by atoms with E-state index in [2.05, 4.69) is 5.32 Å². The maximum atomic E-state index is 12.7. The first-order valence-electron chi connectivity index (χ1n) is 7.84. The summed E-state index contributed by atoms with van der Waals surface area (Å²) < 4.78 is 43.1. The number of Topliss-reactive ketones (excluding diaryl/α,β-unsaturated/α-hetero) is 1. The summed E-state index contributed by atoms with van der Waals surface area (Å²) in [5.41, 5.74) is -0.275. The lowest BCUT2D eigenvalue weighted by atomic mass is 10.1. The van der Waals surface area contributed by atoms with Gasteiger partial charge in [-0.3, -0.25) is 9.59 Å². The number of nitrogens with one attached hydrogen (secondary N) is 1. The van der Waals surface area contributed by atoms with Crippen LogP contribution in [0.25, 0.3) is 0 Å². The predicted octanol–water partition coefficient (Wildman–Crippen LogP) is 4.01. The van der Waals surface area contributed by atoms with Crippen molar-refractivity contribution in [1.29, 1.82) is 0 Å². The molecule has 0 saturated heterocycles. The fourth-order valence-electron chi connectivity index (χ4n) is 2.34. The number of halogens is 3. The molecule has 0 radical (unpaired) electrons. The van der Waals surface area contributed by atoms with Crippen LogP contribution in [0.2, 0.25) is 0 Å². The number of benzene rings is 2. The molecule has 0 aliphatic carbocycles. The molecule has 0 aliphatic rings. The molecule has 2 aromatic carbocycles. The minimum atomic E-state index is -4.58. The Balaban J connectivity index is 2.14. The van der Waals surface area contributed by atoms with E-state index in [1.165, 1.54) is 19.1 Å². The predicted molar refractivity (Wildman–Crippen MR) is 91.5 cm³/mol. The van der Waals surface area contributed by atoms with Crippen LogP contribution in [-0.4, -0.2) is 24.3 Å². The number of carbonyl (C=O) groups is 3. The highest BCUT2D eigenvalue weighted by Crippen LogP contribution is 2.29. The molecule has 0 aromatic heterocycles. The molecule has 2 rings (SSSR count). The number of hydrogen-bond acceptors (Lipinski definition) is 4. The number of hydrogen-bond donors (Lipinski definition) is 1. The average molecular weight is 379 g/mol. The summed E-state index contributed by atoms with van der Waals surface area (Å²) in [5.74, 6) is -2.04. The molecule has 142 valence electrons. The Morgan fingerprint density at radius 2 is 1.74 bits per heavy atom. The maximum Gasteiger partial charge on any atom is 0.416 e. The van der Waals surface area contributed by atoms with Gasteiger partial charge in [-0.15, -0.1) is 0 Å². The zero-order valence-electron chi connectivity index (χ0n) is 14.5. The maximum absolute atomic E-state index is 12.7. The van der Waals surface area contributed by atoms with E-state index in [1.54, 1.807) is 19.1 Å². The largest absolute Gasteiger partial charge is 0.454 e. The molecule has 5 nitrogen and oxygen atoms in total. The fraction of sp³-hybridized carbons (Fsp3) is 0.211. The van der Waals surface area contributed by atoms with Crippen LogP contribution in [0.5, 0.6) is 0 Å². The van der Waals surface area contributed by atoms with Gasteiger partial charge in [0.1, 0.15) is 0 Å². The van der Waals surface area contributed by atoms with Gasteiger partial charge in [-0.25, -0.2) is 4.79 Å². The molecular formula is C19H16F3NO4. The first-order valence-corrected chi connectivity index (χ1v) is 7.84. The molecule has 27 heavy (non-hydrogen) atoms. The van der Waals surface area contributed by atoms with Gasteiger partial charge < -0.3 is 10.1 Å². The van der Waals surface area contributed by atoms with Crippen molar-refractivity contribution in [3.63, 3.8) is 0 Å². The number of amides is 1. The summed E-state index contributed by atoms with van der Waals surface area (Å²) in [5, 5.41) is 2.52. The van der Waals surface area contributed by atoms with Crippen molar-refractivity contribution in [2.45, 2.75) is 20.0 Å². The molecule has 0 unspecified atom stereocenters. The highest BCUT2D eigenvalue weighted by Gasteiger charge is 2.31. The number of rotatable bonds is 5. The van der Waals surface area contributed by atoms with Crippen LogP contribution in [0.3, 0.4) is 0 Å². The topological polar surface area (TPSA) is 72.5 Å². The number of esters is 1. The van der Waals surface area contributed by atoms with E-state index in [4.69, 9.17) is 4.74 Å². The average Bonchev–Trinajstić information content (AvgIpc) is 2.60. The summed E-state index contributed by atoms with van der Waals surface area (Å²) >= 11 is 0. The zero-order valence-corrected chi connectivity index (χ0v) is 14.5. The molecular weight excluding hydrogens is 363 g/mol. The van der Waals surface area contributed by atoms with Crippen molar-refractivity contribution < 1.29 is 32.3 Å². The molecule has 0 spiro atoms. The van der Waals surface area contributed by atoms with Gasteiger partial charge in [0.25, 0.3) is 0 Å². The molecule has 2 aromatic rings. The monoisotopic (exact) mass is 379 g/mol. The summed E-state index contributed by atoms with van der Waals surface area (Å²) in [6, 6.07) is 8.52. The summed E-state index contributed by atoms with van der Waals surface area (Å²) in [6.45, 7) is 2.22. The minimum absolute atomic E-state index is 0.0436. The second-order valence-electron chi connectivity index (χ2n) is 5.76. The Hall–Kier alpha value is -3.16. The lowest BCUT2D eigenvalue weighted by Gasteiger charge is -2.12. The van der Waals surface area contributed by atoms with E-state index in [0.717, 1.165) is 12.1 Å². The Bertz CT molecular complexity index is 891. The molecule has 0 aliphatic heterocycles. The number of carbonyl (C=O) groups excluding carboxylic acids is 3. The summed E-state index contributed by atoms with van der Waals surface area (Å²) in [6.07, 6.45) is -4.58. The second-order valence-corrected chi connectivity index (χ2v) is 5.76. The molecule has 8 heteroatoms. The SMILES string of the molecule is CC(=O)Nc1c(C)cccc1C(=O)OCC(=O)c1cccc(C(F)(F)F)c1. The van der Waals surface area contributed by atoms with E-state index in [0.29, 0.717) is 11.6 Å². The number of para-hydroxylation sites is 1. The highest BCUT2D eigenvalue weighted by molar-refractivity contribution is 6.03. The lowest BCUT2D eigenvalue weighted by molar-refractivity contribution is -0.137. The number of ether oxygens (including phenoxy) is 1. The molecule has 0 bridgehead atoms. The van der Waals surface area contributed by atoms with Crippen molar-refractivity contribution in [3.05, 3.63) is 64.7 Å². The fourth-order valence-corrected chi connectivity index (χ4v) is 2.34. The number of alkyl halides is 3. The second kappa shape index (κ2) is 8.03. The third-order valence-corrected chi connectivity index (χ3v) is 3.64. The van der Waals surface area contributed by atoms with E-state index in [9.17, 15) is 27.6 Å². The Kier molecular flexibility index (Phi) is 5.99. The Morgan fingerprint density at radius 1 is 1.07 bits per heavy atom. The van der Waals surface area contributed by atoms with E-state index >= 15 is 0 Å². The molecule has 0 fully saturated rings. The van der Waals surface area contributed by atoms with E-state index < -0.39 is 36.0 Å². The van der Waals surface area contributed by atoms with Crippen LogP contribution in [0.15, 0.2) is 42.5 Å². The van der Waals surface area contributed by atoms with Gasteiger partial charge in [0.15, 0.2) is 12.4 Å². The summed E-state index contributed by atoms with van der Waals surface area (Å²) in [4.78, 5) is 35.6. The Labute approximate surface area is 153 Å². The molecule has 0 saturated carbocycles. The zero-order chi connectivity index (χ0) is 20.2. The molecule has 1 amide bonds. The van der Waals surface area contributed by atoms with Crippen LogP contribution in [-0.2, 0) is 15.7 Å². The standard InChI is InChI=1S/C19H16F3NO4/c1-11-5-3-8-15(17(11)23-12(2)24)18(26)27-10-16(25)13-6-4-7-14(9-13)19(20,21)22/h3-9H,10H2,1-2H3,(H,23,24). The van der Waals surface area contributed by atoms with Gasteiger partial charge in [-0.1, -0.05) is 24.3 Å². The Morgan fingerprint density at radius 3 is 2.37 bits per heavy atom. The highest BCUT2D eigenvalue weighted by atomic mass is 19.4. The third-order valence-electron chi connectivity index (χ3n) is 3.64. The van der Waals surface area contributed by atoms with Crippen molar-refractivity contribution in [3.8, 4) is 0 Å². The van der Waals surface area contributed by atoms with Gasteiger partial charge in [0.05, 0.1) is 16.8 Å². The van der Waals surface area contributed by atoms with Crippen molar-refractivity contribution in [1.82, 2.24) is 0 Å². The van der Waals surface area contributed by atoms with Gasteiger partial charge in [0.2, 0.25) is 5.91 Å². The molecule has 1 N–H and O–H groups in total. The van der Waals surface area contributed by atoms with Gasteiger partial charge >= 0.3 is 12.1 Å². The number of aryl methyl sites for hydroxylation is 1. The summed E-state index contributed by atoms with van der Waals surface area (Å²) in [7, 11) is 0. The number of anilines is 1. The normalized spacial score (nSPS) is 11.0.